The van der Waals surface area contributed by atoms with Crippen molar-refractivity contribution in [2.24, 2.45) is 0 Å². The van der Waals surface area contributed by atoms with Crippen LogP contribution in [0.5, 0.6) is 5.75 Å². The quantitative estimate of drug-likeness (QED) is 0.632. The number of carbonyl (C=O) groups is 1. The van der Waals surface area contributed by atoms with Crippen LogP contribution in [0.3, 0.4) is 0 Å². The van der Waals surface area contributed by atoms with Crippen molar-refractivity contribution in [1.82, 2.24) is 10.2 Å². The Labute approximate surface area is 180 Å². The molecular formula is C19H23Cl3N2O2S. The van der Waals surface area contributed by atoms with Crippen molar-refractivity contribution in [2.75, 3.05) is 19.7 Å². The normalized spacial score (nSPS) is 16.4. The lowest BCUT2D eigenvalue weighted by molar-refractivity contribution is -0.124. The predicted octanol–water partition coefficient (Wildman–Crippen LogP) is 5.20. The molecule has 1 aliphatic heterocycles. The summed E-state index contributed by atoms with van der Waals surface area (Å²) in [7, 11) is 0. The second-order valence-corrected chi connectivity index (χ2v) is 8.25. The molecule has 1 amide bonds. The maximum absolute atomic E-state index is 12.4. The van der Waals surface area contributed by atoms with Gasteiger partial charge in [0.1, 0.15) is 5.75 Å². The predicted molar refractivity (Wildman–Crippen MR) is 115 cm³/mol. The molecule has 148 valence electrons. The van der Waals surface area contributed by atoms with E-state index in [1.165, 1.54) is 17.7 Å². The summed E-state index contributed by atoms with van der Waals surface area (Å²) in [6.45, 7) is 4.11. The molecule has 1 aromatic carbocycles. The Kier molecular flexibility index (Phi) is 8.70. The summed E-state index contributed by atoms with van der Waals surface area (Å²) in [6.07, 6.45) is 2.42. The lowest BCUT2D eigenvalue weighted by atomic mass is 10.1. The lowest BCUT2D eigenvalue weighted by Gasteiger charge is -2.32. The number of likely N-dealkylation sites (tertiary alicyclic amines) is 1. The molecule has 0 spiro atoms. The number of hydrogen-bond acceptors (Lipinski definition) is 4. The monoisotopic (exact) mass is 448 g/mol. The van der Waals surface area contributed by atoms with Crippen molar-refractivity contribution in [3.8, 4) is 5.75 Å². The highest BCUT2D eigenvalue weighted by atomic mass is 35.5. The second kappa shape index (κ2) is 10.5. The fourth-order valence-electron chi connectivity index (χ4n) is 3.33. The Balaban J connectivity index is 0.00000261. The molecular weight excluding hydrogens is 427 g/mol. The van der Waals surface area contributed by atoms with Gasteiger partial charge in [-0.25, -0.2) is 0 Å². The highest BCUT2D eigenvalue weighted by Crippen LogP contribution is 2.31. The van der Waals surface area contributed by atoms with E-state index in [4.69, 9.17) is 27.9 Å². The van der Waals surface area contributed by atoms with Gasteiger partial charge >= 0.3 is 0 Å². The third-order valence-corrected chi connectivity index (χ3v) is 5.96. The van der Waals surface area contributed by atoms with Gasteiger partial charge in [-0.15, -0.1) is 23.7 Å². The number of rotatable bonds is 7. The molecule has 0 radical (unpaired) electrons. The van der Waals surface area contributed by atoms with Crippen LogP contribution in [0, 0.1) is 0 Å². The van der Waals surface area contributed by atoms with Gasteiger partial charge in [-0.05, 0) is 62.5 Å². The maximum Gasteiger partial charge on any atom is 0.258 e. The van der Waals surface area contributed by atoms with Crippen LogP contribution in [-0.2, 0) is 4.79 Å². The Morgan fingerprint density at radius 1 is 1.30 bits per heavy atom. The maximum atomic E-state index is 12.4. The molecule has 1 aromatic heterocycles. The van der Waals surface area contributed by atoms with Crippen molar-refractivity contribution >= 4 is 52.9 Å². The first kappa shape index (κ1) is 22.3. The molecule has 2 atom stereocenters. The molecule has 27 heavy (non-hydrogen) atoms. The van der Waals surface area contributed by atoms with E-state index in [2.05, 4.69) is 34.7 Å². The van der Waals surface area contributed by atoms with Crippen molar-refractivity contribution in [2.45, 2.75) is 31.8 Å². The fraction of sp³-hybridized carbons (Fsp3) is 0.421. The van der Waals surface area contributed by atoms with Crippen molar-refractivity contribution in [3.63, 3.8) is 0 Å². The Bertz CT molecular complexity index is 737. The average Bonchev–Trinajstić information content (AvgIpc) is 3.28. The topological polar surface area (TPSA) is 41.6 Å². The van der Waals surface area contributed by atoms with Gasteiger partial charge in [-0.3, -0.25) is 9.69 Å². The lowest BCUT2D eigenvalue weighted by Crippen LogP contribution is -2.45. The zero-order valence-corrected chi connectivity index (χ0v) is 18.1. The van der Waals surface area contributed by atoms with Gasteiger partial charge in [-0.1, -0.05) is 29.3 Å². The first-order valence-corrected chi connectivity index (χ1v) is 10.3. The van der Waals surface area contributed by atoms with Crippen LogP contribution in [0.4, 0.5) is 0 Å². The van der Waals surface area contributed by atoms with Crippen LogP contribution in [0.1, 0.15) is 30.7 Å². The van der Waals surface area contributed by atoms with Crippen LogP contribution in [-0.4, -0.2) is 36.5 Å². The fourth-order valence-corrected chi connectivity index (χ4v) is 4.76. The number of nitrogens with zero attached hydrogens (tertiary/aromatic N) is 1. The molecule has 4 nitrogen and oxygen atoms in total. The molecule has 0 bridgehead atoms. The minimum Gasteiger partial charge on any atom is -0.482 e. The first-order chi connectivity index (χ1) is 12.5. The molecule has 0 saturated carbocycles. The molecule has 3 rings (SSSR count). The molecule has 2 aromatic rings. The summed E-state index contributed by atoms with van der Waals surface area (Å²) in [6, 6.07) is 9.33. The van der Waals surface area contributed by atoms with Crippen molar-refractivity contribution in [1.29, 1.82) is 0 Å². The van der Waals surface area contributed by atoms with Crippen LogP contribution in [0.25, 0.3) is 0 Å². The molecule has 1 aliphatic rings. The number of thiophene rings is 1. The average molecular weight is 450 g/mol. The molecule has 1 N–H and O–H groups in total. The molecule has 0 aliphatic carbocycles. The number of ether oxygens (including phenoxy) is 1. The van der Waals surface area contributed by atoms with E-state index >= 15 is 0 Å². The number of hydrogen-bond donors (Lipinski definition) is 1. The Morgan fingerprint density at radius 3 is 2.67 bits per heavy atom. The number of amides is 1. The van der Waals surface area contributed by atoms with Crippen molar-refractivity contribution < 1.29 is 9.53 Å². The van der Waals surface area contributed by atoms with E-state index in [9.17, 15) is 4.79 Å². The molecule has 1 fully saturated rings. The van der Waals surface area contributed by atoms with E-state index in [0.717, 1.165) is 13.1 Å². The van der Waals surface area contributed by atoms with Crippen LogP contribution in [0.2, 0.25) is 10.0 Å². The number of nitrogens with one attached hydrogen (secondary N) is 1. The summed E-state index contributed by atoms with van der Waals surface area (Å²) in [4.78, 5) is 16.1. The molecule has 2 heterocycles. The Hall–Kier alpha value is -0.980. The highest BCUT2D eigenvalue weighted by Gasteiger charge is 2.30. The molecule has 1 saturated heterocycles. The SMILES string of the molecule is CC(NC(=O)COc1ccc(Cl)cc1Cl)C(c1cccs1)N1CCCC1.Cl. The zero-order valence-electron chi connectivity index (χ0n) is 15.0. The smallest absolute Gasteiger partial charge is 0.258 e. The minimum atomic E-state index is -0.163. The van der Waals surface area contributed by atoms with E-state index in [1.54, 1.807) is 29.5 Å². The van der Waals surface area contributed by atoms with Gasteiger partial charge in [0.2, 0.25) is 0 Å². The van der Waals surface area contributed by atoms with E-state index < -0.39 is 0 Å². The van der Waals surface area contributed by atoms with E-state index in [0.29, 0.717) is 15.8 Å². The molecule has 2 unspecified atom stereocenters. The number of carbonyl (C=O) groups excluding carboxylic acids is 1. The summed E-state index contributed by atoms with van der Waals surface area (Å²) in [5.74, 6) is 0.289. The van der Waals surface area contributed by atoms with Crippen LogP contribution < -0.4 is 10.1 Å². The van der Waals surface area contributed by atoms with Gasteiger partial charge in [0.05, 0.1) is 11.1 Å². The molecule has 8 heteroatoms. The van der Waals surface area contributed by atoms with E-state index in [-0.39, 0.29) is 37.0 Å². The number of halogens is 3. The van der Waals surface area contributed by atoms with Gasteiger partial charge < -0.3 is 10.1 Å². The van der Waals surface area contributed by atoms with Crippen LogP contribution in [0.15, 0.2) is 35.7 Å². The zero-order chi connectivity index (χ0) is 18.5. The van der Waals surface area contributed by atoms with Crippen LogP contribution >= 0.6 is 46.9 Å². The standard InChI is InChI=1S/C19H22Cl2N2O2S.ClH/c1-13(19(17-5-4-10-26-17)23-8-2-3-9-23)22-18(24)12-25-16-7-6-14(20)11-15(16)21;/h4-7,10-11,13,19H,2-3,8-9,12H2,1H3,(H,22,24);1H. The summed E-state index contributed by atoms with van der Waals surface area (Å²) in [5.41, 5.74) is 0. The van der Waals surface area contributed by atoms with Gasteiger partial charge in [-0.2, -0.15) is 0 Å². The Morgan fingerprint density at radius 2 is 2.04 bits per heavy atom. The third kappa shape index (κ3) is 6.00. The minimum absolute atomic E-state index is 0. The van der Waals surface area contributed by atoms with Gasteiger partial charge in [0, 0.05) is 15.9 Å². The summed E-state index contributed by atoms with van der Waals surface area (Å²) < 4.78 is 5.54. The third-order valence-electron chi connectivity index (χ3n) is 4.48. The van der Waals surface area contributed by atoms with Gasteiger partial charge in [0.25, 0.3) is 5.91 Å². The summed E-state index contributed by atoms with van der Waals surface area (Å²) in [5, 5.41) is 6.09. The second-order valence-electron chi connectivity index (χ2n) is 6.42. The van der Waals surface area contributed by atoms with Gasteiger partial charge in [0.15, 0.2) is 6.61 Å². The number of benzene rings is 1. The highest BCUT2D eigenvalue weighted by molar-refractivity contribution is 7.10. The first-order valence-electron chi connectivity index (χ1n) is 8.69. The summed E-state index contributed by atoms with van der Waals surface area (Å²) >= 11 is 13.7. The van der Waals surface area contributed by atoms with E-state index in [1.807, 2.05) is 0 Å². The van der Waals surface area contributed by atoms with Crippen molar-refractivity contribution in [3.05, 3.63) is 50.6 Å². The largest absolute Gasteiger partial charge is 0.482 e.